The highest BCUT2D eigenvalue weighted by Crippen LogP contribution is 2.30. The molecule has 0 spiro atoms. The summed E-state index contributed by atoms with van der Waals surface area (Å²) in [7, 11) is -2.19. The van der Waals surface area contributed by atoms with Gasteiger partial charge in [0.2, 0.25) is 10.0 Å². The highest BCUT2D eigenvalue weighted by atomic mass is 32.2. The van der Waals surface area contributed by atoms with Crippen LogP contribution in [-0.4, -0.2) is 39.0 Å². The molecule has 1 aliphatic rings. The Bertz CT molecular complexity index is 974. The number of piperidine rings is 1. The second kappa shape index (κ2) is 7.74. The van der Waals surface area contributed by atoms with Crippen molar-refractivity contribution in [3.8, 4) is 11.5 Å². The Balaban J connectivity index is 1.71. The third-order valence-corrected chi connectivity index (χ3v) is 6.43. The van der Waals surface area contributed by atoms with E-state index in [4.69, 9.17) is 13.9 Å². The molecular formula is C19H23NO6S. The van der Waals surface area contributed by atoms with Gasteiger partial charge in [0.15, 0.2) is 0 Å². The molecule has 0 bridgehead atoms. The minimum Gasteiger partial charge on any atom is -0.495 e. The van der Waals surface area contributed by atoms with Crippen LogP contribution in [0.15, 0.2) is 44.4 Å². The largest absolute Gasteiger partial charge is 0.495 e. The van der Waals surface area contributed by atoms with E-state index in [2.05, 4.69) is 0 Å². The second-order valence-electron chi connectivity index (χ2n) is 6.60. The maximum Gasteiger partial charge on any atom is 0.339 e. The molecule has 0 saturated carbocycles. The molecule has 0 aliphatic carbocycles. The smallest absolute Gasteiger partial charge is 0.339 e. The van der Waals surface area contributed by atoms with Gasteiger partial charge in [0, 0.05) is 19.2 Å². The molecule has 1 fully saturated rings. The maximum atomic E-state index is 13.0. The lowest BCUT2D eigenvalue weighted by molar-refractivity contribution is 0.134. The van der Waals surface area contributed by atoms with E-state index in [0.717, 1.165) is 5.56 Å². The van der Waals surface area contributed by atoms with Crippen LogP contribution in [-0.2, 0) is 10.0 Å². The van der Waals surface area contributed by atoms with Crippen LogP contribution in [0.1, 0.15) is 24.2 Å². The Kier molecular flexibility index (Phi) is 5.57. The molecule has 2 heterocycles. The lowest BCUT2D eigenvalue weighted by atomic mass is 10.1. The van der Waals surface area contributed by atoms with Gasteiger partial charge < -0.3 is 13.9 Å². The third kappa shape index (κ3) is 4.33. The van der Waals surface area contributed by atoms with Gasteiger partial charge in [-0.15, -0.1) is 0 Å². The first kappa shape index (κ1) is 19.4. The third-order valence-electron chi connectivity index (χ3n) is 4.51. The van der Waals surface area contributed by atoms with Crippen molar-refractivity contribution in [3.63, 3.8) is 0 Å². The fourth-order valence-electron chi connectivity index (χ4n) is 3.15. The van der Waals surface area contributed by atoms with Crippen LogP contribution in [0.5, 0.6) is 11.5 Å². The molecular weight excluding hydrogens is 370 g/mol. The lowest BCUT2D eigenvalue weighted by Crippen LogP contribution is -2.41. The summed E-state index contributed by atoms with van der Waals surface area (Å²) in [6.45, 7) is 4.20. The molecule has 0 amide bonds. The van der Waals surface area contributed by atoms with Crippen molar-refractivity contribution in [2.24, 2.45) is 0 Å². The normalized spacial score (nSPS) is 16.3. The minimum absolute atomic E-state index is 0.156. The summed E-state index contributed by atoms with van der Waals surface area (Å²) in [6, 6.07) is 8.07. The van der Waals surface area contributed by atoms with Crippen LogP contribution in [0.25, 0.3) is 0 Å². The topological polar surface area (TPSA) is 86.1 Å². The molecule has 2 aromatic rings. The Morgan fingerprint density at radius 2 is 1.81 bits per heavy atom. The number of ether oxygens (including phenoxy) is 2. The van der Waals surface area contributed by atoms with Gasteiger partial charge in [-0.2, -0.15) is 4.31 Å². The number of sulfonamides is 1. The number of aryl methyl sites for hydroxylation is 2. The van der Waals surface area contributed by atoms with Crippen LogP contribution in [0.4, 0.5) is 0 Å². The standard InChI is InChI=1S/C19H23NO6S/c1-13-4-5-17(24-3)18(10-13)27(22,23)20-8-6-15(7-9-20)26-16-11-14(2)25-19(21)12-16/h4-5,10-12,15H,6-9H2,1-3H3. The zero-order valence-electron chi connectivity index (χ0n) is 15.6. The first-order chi connectivity index (χ1) is 12.8. The van der Waals surface area contributed by atoms with Crippen molar-refractivity contribution in [3.05, 3.63) is 52.1 Å². The molecule has 0 atom stereocenters. The van der Waals surface area contributed by atoms with Gasteiger partial charge in [0.1, 0.15) is 28.3 Å². The van der Waals surface area contributed by atoms with E-state index in [1.54, 1.807) is 25.1 Å². The van der Waals surface area contributed by atoms with E-state index < -0.39 is 15.6 Å². The van der Waals surface area contributed by atoms with Crippen molar-refractivity contribution >= 4 is 10.0 Å². The highest BCUT2D eigenvalue weighted by molar-refractivity contribution is 7.89. The van der Waals surface area contributed by atoms with Crippen molar-refractivity contribution in [1.29, 1.82) is 0 Å². The Morgan fingerprint density at radius 1 is 1.11 bits per heavy atom. The van der Waals surface area contributed by atoms with Crippen LogP contribution < -0.4 is 15.1 Å². The Morgan fingerprint density at radius 3 is 2.44 bits per heavy atom. The van der Waals surface area contributed by atoms with Crippen molar-refractivity contribution < 1.29 is 22.3 Å². The summed E-state index contributed by atoms with van der Waals surface area (Å²) in [5.41, 5.74) is 0.391. The number of hydrogen-bond acceptors (Lipinski definition) is 6. The zero-order valence-corrected chi connectivity index (χ0v) is 16.4. The molecule has 1 aromatic heterocycles. The summed E-state index contributed by atoms with van der Waals surface area (Å²) in [5, 5.41) is 0. The van der Waals surface area contributed by atoms with Gasteiger partial charge in [-0.05, 0) is 44.4 Å². The summed E-state index contributed by atoms with van der Waals surface area (Å²) in [4.78, 5) is 11.6. The molecule has 146 valence electrons. The highest BCUT2D eigenvalue weighted by Gasteiger charge is 2.32. The predicted molar refractivity (Wildman–Crippen MR) is 99.9 cm³/mol. The van der Waals surface area contributed by atoms with E-state index in [0.29, 0.717) is 43.2 Å². The number of hydrogen-bond donors (Lipinski definition) is 0. The average molecular weight is 393 g/mol. The Labute approximate surface area is 158 Å². The number of nitrogens with zero attached hydrogens (tertiary/aromatic N) is 1. The first-order valence-electron chi connectivity index (χ1n) is 8.73. The summed E-state index contributed by atoms with van der Waals surface area (Å²) in [6.07, 6.45) is 0.913. The van der Waals surface area contributed by atoms with Gasteiger partial charge in [-0.25, -0.2) is 13.2 Å². The fourth-order valence-corrected chi connectivity index (χ4v) is 4.86. The monoisotopic (exact) mass is 393 g/mol. The molecule has 0 unspecified atom stereocenters. The van der Waals surface area contributed by atoms with E-state index in [9.17, 15) is 13.2 Å². The molecule has 1 saturated heterocycles. The number of rotatable bonds is 5. The molecule has 3 rings (SSSR count). The van der Waals surface area contributed by atoms with Crippen molar-refractivity contribution in [1.82, 2.24) is 4.31 Å². The van der Waals surface area contributed by atoms with Crippen molar-refractivity contribution in [2.75, 3.05) is 20.2 Å². The molecule has 0 radical (unpaired) electrons. The molecule has 1 aromatic carbocycles. The fraction of sp³-hybridized carbons (Fsp3) is 0.421. The molecule has 7 nitrogen and oxygen atoms in total. The minimum atomic E-state index is -3.65. The summed E-state index contributed by atoms with van der Waals surface area (Å²) < 4.78 is 43.5. The predicted octanol–water partition coefficient (Wildman–Crippen LogP) is 2.50. The van der Waals surface area contributed by atoms with Gasteiger partial charge in [-0.3, -0.25) is 0 Å². The number of methoxy groups -OCH3 is 1. The first-order valence-corrected chi connectivity index (χ1v) is 10.2. The summed E-state index contributed by atoms with van der Waals surface area (Å²) >= 11 is 0. The van der Waals surface area contributed by atoms with E-state index >= 15 is 0 Å². The quantitative estimate of drug-likeness (QED) is 0.776. The van der Waals surface area contributed by atoms with Crippen LogP contribution in [0.2, 0.25) is 0 Å². The zero-order chi connectivity index (χ0) is 19.6. The molecule has 0 N–H and O–H groups in total. The number of benzene rings is 1. The maximum absolute atomic E-state index is 13.0. The van der Waals surface area contributed by atoms with Crippen LogP contribution >= 0.6 is 0 Å². The van der Waals surface area contributed by atoms with E-state index in [-0.39, 0.29) is 11.0 Å². The SMILES string of the molecule is COc1ccc(C)cc1S(=O)(=O)N1CCC(Oc2cc(C)oc(=O)c2)CC1. The van der Waals surface area contributed by atoms with E-state index in [1.807, 2.05) is 13.0 Å². The van der Waals surface area contributed by atoms with E-state index in [1.165, 1.54) is 17.5 Å². The van der Waals surface area contributed by atoms with Gasteiger partial charge in [0.25, 0.3) is 0 Å². The lowest BCUT2D eigenvalue weighted by Gasteiger charge is -2.31. The van der Waals surface area contributed by atoms with Gasteiger partial charge in [-0.1, -0.05) is 6.07 Å². The molecule has 27 heavy (non-hydrogen) atoms. The van der Waals surface area contributed by atoms with Gasteiger partial charge in [0.05, 0.1) is 13.2 Å². The second-order valence-corrected chi connectivity index (χ2v) is 8.50. The van der Waals surface area contributed by atoms with Crippen LogP contribution in [0.3, 0.4) is 0 Å². The summed E-state index contributed by atoms with van der Waals surface area (Å²) in [5.74, 6) is 1.26. The van der Waals surface area contributed by atoms with Gasteiger partial charge >= 0.3 is 5.63 Å². The van der Waals surface area contributed by atoms with Crippen molar-refractivity contribution in [2.45, 2.75) is 37.7 Å². The van der Waals surface area contributed by atoms with Crippen LogP contribution in [0, 0.1) is 13.8 Å². The molecule has 1 aliphatic heterocycles. The Hall–Kier alpha value is -2.32. The average Bonchev–Trinajstić information content (AvgIpc) is 2.61. The molecule has 8 heteroatoms.